The van der Waals surface area contributed by atoms with E-state index in [-0.39, 0.29) is 11.0 Å². The number of rotatable bonds is 7. The summed E-state index contributed by atoms with van der Waals surface area (Å²) in [5, 5.41) is 28.5. The maximum Gasteiger partial charge on any atom is 0.148 e. The Morgan fingerprint density at radius 2 is 1.76 bits per heavy atom. The van der Waals surface area contributed by atoms with Crippen LogP contribution in [0.1, 0.15) is 56.9 Å². The number of pyridine rings is 1. The van der Waals surface area contributed by atoms with Crippen molar-refractivity contribution in [2.24, 2.45) is 5.41 Å². The monoisotopic (exact) mass is 600 g/mol. The molecule has 1 atom stereocenters. The van der Waals surface area contributed by atoms with Crippen LogP contribution in [-0.2, 0) is 11.0 Å². The molecule has 2 N–H and O–H groups in total. The van der Waals surface area contributed by atoms with Gasteiger partial charge in [0.1, 0.15) is 19.6 Å². The molecule has 0 amide bonds. The SMILES string of the molecule is BC(Nc1cc(Cl)c2ncc(C#N)c(NCC(C)(C)C)c2c1)(c1ccc(Cl)cc1)c1cn(C23CCN(CC2)CC3)nn1. The largest absolute Gasteiger partial charge is 0.383 e. The highest BCUT2D eigenvalue weighted by atomic mass is 35.5. The molecule has 11 heteroatoms. The van der Waals surface area contributed by atoms with Gasteiger partial charge in [0.15, 0.2) is 0 Å². The van der Waals surface area contributed by atoms with Gasteiger partial charge in [0.2, 0.25) is 0 Å². The lowest BCUT2D eigenvalue weighted by Gasteiger charge is -2.48. The van der Waals surface area contributed by atoms with Crippen molar-refractivity contribution in [1.29, 1.82) is 5.26 Å². The van der Waals surface area contributed by atoms with Gasteiger partial charge in [0.05, 0.1) is 39.0 Å². The molecule has 2 aromatic heterocycles. The predicted octanol–water partition coefficient (Wildman–Crippen LogP) is 5.60. The molecule has 8 nitrogen and oxygen atoms in total. The molecule has 3 saturated heterocycles. The molecule has 3 aliphatic heterocycles. The van der Waals surface area contributed by atoms with Gasteiger partial charge in [-0.25, -0.2) is 4.68 Å². The summed E-state index contributed by atoms with van der Waals surface area (Å²) in [4.78, 5) is 7.06. The highest BCUT2D eigenvalue weighted by Crippen LogP contribution is 2.40. The highest BCUT2D eigenvalue weighted by Gasteiger charge is 2.43. The summed E-state index contributed by atoms with van der Waals surface area (Å²) in [6, 6.07) is 14.0. The molecule has 4 aromatic rings. The van der Waals surface area contributed by atoms with Crippen LogP contribution in [0.3, 0.4) is 0 Å². The number of piperidine rings is 3. The van der Waals surface area contributed by atoms with E-state index in [9.17, 15) is 5.26 Å². The number of aromatic nitrogens is 4. The van der Waals surface area contributed by atoms with E-state index in [4.69, 9.17) is 33.5 Å². The molecule has 3 fully saturated rings. The first-order chi connectivity index (χ1) is 20.0. The van der Waals surface area contributed by atoms with Crippen LogP contribution in [0.15, 0.2) is 48.8 Å². The van der Waals surface area contributed by atoms with Crippen LogP contribution in [0.4, 0.5) is 11.4 Å². The average molecular weight is 601 g/mol. The Hall–Kier alpha value is -3.32. The van der Waals surface area contributed by atoms with Gasteiger partial charge in [-0.1, -0.05) is 61.3 Å². The lowest BCUT2D eigenvalue weighted by molar-refractivity contribution is 0.0252. The molecule has 1 unspecified atom stereocenters. The van der Waals surface area contributed by atoms with Crippen LogP contribution in [0.5, 0.6) is 0 Å². The number of anilines is 2. The third-order valence-electron chi connectivity index (χ3n) is 8.83. The number of nitrogens with one attached hydrogen (secondary N) is 2. The summed E-state index contributed by atoms with van der Waals surface area (Å²) >= 11 is 13.1. The van der Waals surface area contributed by atoms with Gasteiger partial charge >= 0.3 is 0 Å². The van der Waals surface area contributed by atoms with Gasteiger partial charge in [0.25, 0.3) is 0 Å². The van der Waals surface area contributed by atoms with Crippen molar-refractivity contribution in [3.05, 3.63) is 75.7 Å². The Balaban J connectivity index is 1.44. The number of fused-ring (bicyclic) bond motifs is 4. The molecular weight excluding hydrogens is 566 g/mol. The van der Waals surface area contributed by atoms with Crippen LogP contribution >= 0.6 is 23.2 Å². The minimum Gasteiger partial charge on any atom is -0.383 e. The zero-order valence-electron chi connectivity index (χ0n) is 24.5. The second-order valence-corrected chi connectivity index (χ2v) is 13.9. The molecular formula is C31H35BCl2N8. The Bertz CT molecular complexity index is 1650. The standard InChI is InChI=1S/C31H35BCl2N8/c1-29(2,3)19-37-27-20(16-35)17-36-28-24(27)14-23(15-25(28)34)38-31(32,21-4-6-22(33)7-5-21)26-18-42(40-39-26)30-8-11-41(12-9-30)13-10-30/h4-7,14-15,17-18,38H,8-13,19,32H2,1-3H3,(H,36,37). The highest BCUT2D eigenvalue weighted by molar-refractivity contribution is 6.36. The molecule has 2 bridgehead atoms. The molecule has 0 radical (unpaired) electrons. The lowest BCUT2D eigenvalue weighted by atomic mass is 9.69. The Kier molecular flexibility index (Phi) is 7.37. The third-order valence-corrected chi connectivity index (χ3v) is 9.37. The Morgan fingerprint density at radius 1 is 1.07 bits per heavy atom. The van der Waals surface area contributed by atoms with Crippen molar-refractivity contribution in [2.45, 2.75) is 51.0 Å². The number of hydrogen-bond donors (Lipinski definition) is 2. The van der Waals surface area contributed by atoms with Gasteiger partial charge < -0.3 is 15.5 Å². The zero-order chi connectivity index (χ0) is 29.7. The molecule has 0 saturated carbocycles. The minimum absolute atomic E-state index is 0.00934. The van der Waals surface area contributed by atoms with E-state index in [1.165, 1.54) is 0 Å². The van der Waals surface area contributed by atoms with Gasteiger partial charge in [-0.15, -0.1) is 5.10 Å². The number of nitrogens with zero attached hydrogens (tertiary/aromatic N) is 6. The molecule has 0 aliphatic carbocycles. The second-order valence-electron chi connectivity index (χ2n) is 13.0. The topological polar surface area (TPSA) is 94.7 Å². The fourth-order valence-corrected chi connectivity index (χ4v) is 6.59. The summed E-state index contributed by atoms with van der Waals surface area (Å²) in [7, 11) is 2.10. The smallest absolute Gasteiger partial charge is 0.148 e. The van der Waals surface area contributed by atoms with E-state index >= 15 is 0 Å². The molecule has 42 heavy (non-hydrogen) atoms. The van der Waals surface area contributed by atoms with Gasteiger partial charge in [-0.3, -0.25) is 4.98 Å². The van der Waals surface area contributed by atoms with Crippen LogP contribution in [-0.4, -0.2) is 58.9 Å². The Morgan fingerprint density at radius 3 is 2.40 bits per heavy atom. The van der Waals surface area contributed by atoms with Gasteiger partial charge in [-0.2, -0.15) is 5.26 Å². The second kappa shape index (κ2) is 10.8. The lowest BCUT2D eigenvalue weighted by Crippen LogP contribution is -2.53. The molecule has 216 valence electrons. The number of hydrogen-bond acceptors (Lipinski definition) is 7. The van der Waals surface area contributed by atoms with Gasteiger partial charge in [0, 0.05) is 48.5 Å². The van der Waals surface area contributed by atoms with Crippen LogP contribution in [0.2, 0.25) is 10.0 Å². The fraction of sp³-hybridized carbons (Fsp3) is 0.419. The molecule has 3 aliphatic rings. The molecule has 0 spiro atoms. The quantitative estimate of drug-likeness (QED) is 0.266. The maximum atomic E-state index is 9.90. The normalized spacial score (nSPS) is 21.6. The first kappa shape index (κ1) is 28.8. The van der Waals surface area contributed by atoms with Crippen molar-refractivity contribution >= 4 is 53.3 Å². The number of benzene rings is 2. The van der Waals surface area contributed by atoms with E-state index in [0.29, 0.717) is 27.7 Å². The first-order valence-electron chi connectivity index (χ1n) is 14.5. The van der Waals surface area contributed by atoms with Crippen molar-refractivity contribution in [3.63, 3.8) is 0 Å². The summed E-state index contributed by atoms with van der Waals surface area (Å²) in [5.74, 6) is 0. The van der Waals surface area contributed by atoms with E-state index in [0.717, 1.165) is 66.9 Å². The summed E-state index contributed by atoms with van der Waals surface area (Å²) < 4.78 is 2.11. The van der Waals surface area contributed by atoms with Crippen molar-refractivity contribution in [2.75, 3.05) is 36.8 Å². The zero-order valence-corrected chi connectivity index (χ0v) is 26.0. The van der Waals surface area contributed by atoms with E-state index in [1.54, 1.807) is 6.20 Å². The van der Waals surface area contributed by atoms with Crippen LogP contribution in [0, 0.1) is 16.7 Å². The summed E-state index contributed by atoms with van der Waals surface area (Å²) in [5.41, 5.74) is 3.67. The fourth-order valence-electron chi connectivity index (χ4n) is 6.19. The Labute approximate surface area is 257 Å². The van der Waals surface area contributed by atoms with Gasteiger partial charge in [-0.05, 0) is 54.5 Å². The first-order valence-corrected chi connectivity index (χ1v) is 15.2. The van der Waals surface area contributed by atoms with Crippen molar-refractivity contribution in [3.8, 4) is 6.07 Å². The summed E-state index contributed by atoms with van der Waals surface area (Å²) in [6.45, 7) is 10.4. The van der Waals surface area contributed by atoms with Crippen molar-refractivity contribution < 1.29 is 0 Å². The average Bonchev–Trinajstić information content (AvgIpc) is 3.49. The maximum absolute atomic E-state index is 9.90. The van der Waals surface area contributed by atoms with E-state index < -0.39 is 5.44 Å². The third kappa shape index (κ3) is 5.32. The van der Waals surface area contributed by atoms with Crippen LogP contribution < -0.4 is 10.6 Å². The minimum atomic E-state index is -0.759. The molecule has 2 aromatic carbocycles. The van der Waals surface area contributed by atoms with E-state index in [2.05, 4.69) is 66.1 Å². The summed E-state index contributed by atoms with van der Waals surface area (Å²) in [6.07, 6.45) is 6.94. The molecule has 7 rings (SSSR count). The van der Waals surface area contributed by atoms with Crippen LogP contribution in [0.25, 0.3) is 10.9 Å². The molecule has 5 heterocycles. The predicted molar refractivity (Wildman–Crippen MR) is 172 cm³/mol. The number of halogens is 2. The number of nitriles is 1. The van der Waals surface area contributed by atoms with E-state index in [1.807, 2.05) is 36.4 Å². The van der Waals surface area contributed by atoms with Crippen molar-refractivity contribution in [1.82, 2.24) is 24.9 Å².